The number of phenolic OH excluding ortho intramolecular Hbond substituents is 2. The van der Waals surface area contributed by atoms with Gasteiger partial charge in [0.1, 0.15) is 6.33 Å². The third kappa shape index (κ3) is 5.25. The Morgan fingerprint density at radius 3 is 2.69 bits per heavy atom. The Balaban J connectivity index is 1.29. The zero-order valence-electron chi connectivity index (χ0n) is 19.9. The van der Waals surface area contributed by atoms with Crippen molar-refractivity contribution in [1.82, 2.24) is 29.7 Å². The van der Waals surface area contributed by atoms with Gasteiger partial charge in [-0.25, -0.2) is 15.0 Å². The van der Waals surface area contributed by atoms with Gasteiger partial charge in [0.15, 0.2) is 33.6 Å². The van der Waals surface area contributed by atoms with Crippen molar-refractivity contribution in [2.75, 3.05) is 25.4 Å². The Labute approximate surface area is 221 Å². The van der Waals surface area contributed by atoms with Gasteiger partial charge in [-0.1, -0.05) is 18.2 Å². The maximum Gasteiger partial charge on any atom is 0.239 e. The predicted molar refractivity (Wildman–Crippen MR) is 141 cm³/mol. The summed E-state index contributed by atoms with van der Waals surface area (Å²) in [7, 11) is 0. The van der Waals surface area contributed by atoms with Crippen LogP contribution in [0, 0.1) is 5.92 Å². The zero-order valence-corrected chi connectivity index (χ0v) is 22.3. The van der Waals surface area contributed by atoms with E-state index in [0.29, 0.717) is 44.0 Å². The van der Waals surface area contributed by atoms with Crippen molar-refractivity contribution in [3.05, 3.63) is 22.9 Å². The highest BCUT2D eigenvalue weighted by molar-refractivity contribution is 9.10. The lowest BCUT2D eigenvalue weighted by molar-refractivity contribution is -0.135. The molecular formula is C24H30BrN7O3S. The zero-order chi connectivity index (χ0) is 25.2. The van der Waals surface area contributed by atoms with Crippen molar-refractivity contribution in [2.24, 2.45) is 5.92 Å². The number of anilines is 1. The molecule has 2 saturated heterocycles. The molecule has 2 aromatic heterocycles. The molecule has 2 aliphatic rings. The number of aryl methyl sites for hydroxylation is 1. The summed E-state index contributed by atoms with van der Waals surface area (Å²) in [5, 5.41) is 23.8. The van der Waals surface area contributed by atoms with Crippen LogP contribution < -0.4 is 11.1 Å². The van der Waals surface area contributed by atoms with Gasteiger partial charge < -0.3 is 30.7 Å². The van der Waals surface area contributed by atoms with Gasteiger partial charge >= 0.3 is 0 Å². The lowest BCUT2D eigenvalue weighted by atomic mass is 9.92. The molecule has 0 aliphatic carbocycles. The number of fused-ring (bicyclic) bond motifs is 1. The van der Waals surface area contributed by atoms with Crippen LogP contribution in [0.5, 0.6) is 11.5 Å². The molecule has 4 heterocycles. The van der Waals surface area contributed by atoms with Crippen LogP contribution in [0.1, 0.15) is 38.5 Å². The number of phenols is 2. The third-order valence-electron chi connectivity index (χ3n) is 7.05. The topological polar surface area (TPSA) is 142 Å². The van der Waals surface area contributed by atoms with Crippen molar-refractivity contribution >= 4 is 50.6 Å². The summed E-state index contributed by atoms with van der Waals surface area (Å²) < 4.78 is 2.68. The molecule has 12 heteroatoms. The number of amides is 1. The van der Waals surface area contributed by atoms with Crippen LogP contribution in [0.25, 0.3) is 11.2 Å². The van der Waals surface area contributed by atoms with Crippen LogP contribution in [0.15, 0.2) is 33.0 Å². The van der Waals surface area contributed by atoms with E-state index >= 15 is 0 Å². The number of piperidine rings is 2. The molecule has 10 nitrogen and oxygen atoms in total. The molecule has 5 N–H and O–H groups in total. The van der Waals surface area contributed by atoms with Gasteiger partial charge in [0, 0.05) is 29.0 Å². The molecule has 2 fully saturated rings. The molecule has 1 amide bonds. The number of rotatable bonds is 6. The van der Waals surface area contributed by atoms with Gasteiger partial charge in [-0.2, -0.15) is 0 Å². The number of nitrogens with one attached hydrogen (secondary N) is 1. The highest BCUT2D eigenvalue weighted by Crippen LogP contribution is 2.40. The number of aromatic nitrogens is 4. The summed E-state index contributed by atoms with van der Waals surface area (Å²) in [5.41, 5.74) is 7.30. The van der Waals surface area contributed by atoms with Crippen LogP contribution >= 0.6 is 27.7 Å². The first-order chi connectivity index (χ1) is 17.4. The Kier molecular flexibility index (Phi) is 7.54. The van der Waals surface area contributed by atoms with Crippen LogP contribution in [-0.2, 0) is 11.3 Å². The molecule has 0 spiro atoms. The molecule has 0 unspecified atom stereocenters. The molecule has 5 rings (SSSR count). The fourth-order valence-electron chi connectivity index (χ4n) is 4.96. The van der Waals surface area contributed by atoms with E-state index in [2.05, 4.69) is 31.2 Å². The Morgan fingerprint density at radius 1 is 1.17 bits per heavy atom. The van der Waals surface area contributed by atoms with E-state index in [9.17, 15) is 15.0 Å². The van der Waals surface area contributed by atoms with Crippen molar-refractivity contribution in [3.8, 4) is 11.5 Å². The maximum absolute atomic E-state index is 12.9. The molecule has 36 heavy (non-hydrogen) atoms. The molecule has 192 valence electrons. The summed E-state index contributed by atoms with van der Waals surface area (Å²) in [5.74, 6) is 0.664. The van der Waals surface area contributed by atoms with E-state index < -0.39 is 0 Å². The Morgan fingerprint density at radius 2 is 1.94 bits per heavy atom. The second-order valence-corrected chi connectivity index (χ2v) is 11.3. The minimum Gasteiger partial charge on any atom is -0.504 e. The maximum atomic E-state index is 12.9. The van der Waals surface area contributed by atoms with Crippen LogP contribution in [0.3, 0.4) is 0 Å². The number of nitrogen functional groups attached to an aromatic ring is 1. The minimum atomic E-state index is -0.201. The summed E-state index contributed by atoms with van der Waals surface area (Å²) in [6.07, 6.45) is 7.52. The molecule has 1 aromatic carbocycles. The normalized spacial score (nSPS) is 19.1. The van der Waals surface area contributed by atoms with E-state index in [1.54, 1.807) is 0 Å². The molecule has 0 saturated carbocycles. The van der Waals surface area contributed by atoms with Gasteiger partial charge in [-0.15, -0.1) is 0 Å². The van der Waals surface area contributed by atoms with Gasteiger partial charge in [0.2, 0.25) is 5.91 Å². The molecule has 0 radical (unpaired) electrons. The third-order valence-corrected chi connectivity index (χ3v) is 9.02. The SMILES string of the molecule is Nc1ncnc2c1nc(Sc1cc(O)c(O)cc1Br)n2CCC1CCN(C(=O)[C@@H]2CCCCN2)CC1. The van der Waals surface area contributed by atoms with E-state index in [-0.39, 0.29) is 23.4 Å². The molecular weight excluding hydrogens is 546 g/mol. The monoisotopic (exact) mass is 575 g/mol. The highest BCUT2D eigenvalue weighted by atomic mass is 79.9. The molecule has 1 atom stereocenters. The lowest BCUT2D eigenvalue weighted by Crippen LogP contribution is -2.50. The van der Waals surface area contributed by atoms with Gasteiger partial charge in [-0.3, -0.25) is 4.79 Å². The van der Waals surface area contributed by atoms with Crippen LogP contribution in [0.2, 0.25) is 0 Å². The van der Waals surface area contributed by atoms with E-state index in [4.69, 9.17) is 10.7 Å². The highest BCUT2D eigenvalue weighted by Gasteiger charge is 2.29. The number of halogens is 1. The average molecular weight is 577 g/mol. The quantitative estimate of drug-likeness (QED) is 0.324. The molecule has 2 aliphatic heterocycles. The van der Waals surface area contributed by atoms with E-state index in [1.165, 1.54) is 30.2 Å². The van der Waals surface area contributed by atoms with Crippen LogP contribution in [-0.4, -0.2) is 66.2 Å². The average Bonchev–Trinajstić information content (AvgIpc) is 3.24. The second-order valence-electron chi connectivity index (χ2n) is 9.41. The van der Waals surface area contributed by atoms with Crippen LogP contribution in [0.4, 0.5) is 5.82 Å². The van der Waals surface area contributed by atoms with Crippen molar-refractivity contribution in [1.29, 1.82) is 0 Å². The number of carbonyl (C=O) groups excluding carboxylic acids is 1. The number of likely N-dealkylation sites (tertiary alicyclic amines) is 1. The predicted octanol–water partition coefficient (Wildman–Crippen LogP) is 3.50. The van der Waals surface area contributed by atoms with E-state index in [0.717, 1.165) is 58.2 Å². The molecule has 0 bridgehead atoms. The van der Waals surface area contributed by atoms with E-state index in [1.807, 2.05) is 9.47 Å². The summed E-state index contributed by atoms with van der Waals surface area (Å²) >= 11 is 4.81. The summed E-state index contributed by atoms with van der Waals surface area (Å²) in [6.45, 7) is 3.21. The van der Waals surface area contributed by atoms with Gasteiger partial charge in [-0.05, 0) is 72.6 Å². The smallest absolute Gasteiger partial charge is 0.239 e. The summed E-state index contributed by atoms with van der Waals surface area (Å²) in [4.78, 5) is 28.8. The lowest BCUT2D eigenvalue weighted by Gasteiger charge is -2.35. The number of nitrogens with two attached hydrogens (primary N) is 1. The largest absolute Gasteiger partial charge is 0.504 e. The number of carbonyl (C=O) groups is 1. The molecule has 3 aromatic rings. The Hall–Kier alpha value is -2.57. The second kappa shape index (κ2) is 10.8. The summed E-state index contributed by atoms with van der Waals surface area (Å²) in [6, 6.07) is 2.93. The van der Waals surface area contributed by atoms with Gasteiger partial charge in [0.05, 0.1) is 6.04 Å². The fourth-order valence-corrected chi connectivity index (χ4v) is 6.48. The number of hydrogen-bond acceptors (Lipinski definition) is 9. The number of aromatic hydroxyl groups is 2. The minimum absolute atomic E-state index is 0.0176. The number of imidazole rings is 1. The Bertz CT molecular complexity index is 1260. The fraction of sp³-hybridized carbons (Fsp3) is 0.500. The first kappa shape index (κ1) is 25.1. The first-order valence-electron chi connectivity index (χ1n) is 12.3. The number of hydrogen-bond donors (Lipinski definition) is 4. The number of benzene rings is 1. The van der Waals surface area contributed by atoms with Gasteiger partial charge in [0.25, 0.3) is 0 Å². The standard InChI is InChI=1S/C24H30BrN7O3S/c25-15-11-17(33)18(34)12-19(15)36-24-30-20-21(26)28-13-29-22(20)32(24)10-6-14-4-8-31(9-5-14)23(35)16-3-1-2-7-27-16/h11-14,16,27,33-34H,1-10H2,(H2,26,28,29)/t16-/m0/s1. The van der Waals surface area contributed by atoms with Crippen molar-refractivity contribution in [2.45, 2.75) is 61.2 Å². The van der Waals surface area contributed by atoms with Crippen molar-refractivity contribution in [3.63, 3.8) is 0 Å². The first-order valence-corrected chi connectivity index (χ1v) is 13.9. The van der Waals surface area contributed by atoms with Crippen molar-refractivity contribution < 1.29 is 15.0 Å². The number of nitrogens with zero attached hydrogens (tertiary/aromatic N) is 5.